The van der Waals surface area contributed by atoms with Gasteiger partial charge < -0.3 is 9.84 Å². The van der Waals surface area contributed by atoms with E-state index in [4.69, 9.17) is 9.84 Å². The fourth-order valence-electron chi connectivity index (χ4n) is 1.80. The van der Waals surface area contributed by atoms with Crippen molar-refractivity contribution in [1.29, 1.82) is 0 Å². The van der Waals surface area contributed by atoms with Crippen LogP contribution < -0.4 is 0 Å². The Kier molecular flexibility index (Phi) is 6.49. The van der Waals surface area contributed by atoms with Gasteiger partial charge in [-0.05, 0) is 29.3 Å². The van der Waals surface area contributed by atoms with Crippen LogP contribution in [0.1, 0.15) is 23.1 Å². The number of rotatable bonds is 5. The van der Waals surface area contributed by atoms with Gasteiger partial charge in [-0.3, -0.25) is 0 Å². The molecule has 0 atom stereocenters. The molecule has 0 aliphatic heterocycles. The van der Waals surface area contributed by atoms with Crippen molar-refractivity contribution >= 4 is 15.9 Å². The molecule has 2 rings (SSSR count). The fraction of sp³-hybridized carbons (Fsp3) is 0.222. The van der Waals surface area contributed by atoms with E-state index >= 15 is 0 Å². The molecular weight excluding hydrogens is 328 g/mol. The summed E-state index contributed by atoms with van der Waals surface area (Å²) in [6.07, 6.45) is 0.511. The molecule has 2 aromatic rings. The Balaban J connectivity index is 1.84. The molecule has 1 N–H and O–H groups in total. The SMILES string of the molecule is OCCC#Cc1ccc(COCc2ccccc2Br)cc1. The Morgan fingerprint density at radius 3 is 2.48 bits per heavy atom. The lowest BCUT2D eigenvalue weighted by atomic mass is 10.1. The van der Waals surface area contributed by atoms with Crippen LogP contribution in [-0.2, 0) is 18.0 Å². The third kappa shape index (κ3) is 5.35. The van der Waals surface area contributed by atoms with Crippen molar-refractivity contribution < 1.29 is 9.84 Å². The highest BCUT2D eigenvalue weighted by Gasteiger charge is 1.99. The van der Waals surface area contributed by atoms with Gasteiger partial charge in [0.2, 0.25) is 0 Å². The number of aliphatic hydroxyl groups is 1. The molecule has 21 heavy (non-hydrogen) atoms. The molecule has 0 spiro atoms. The largest absolute Gasteiger partial charge is 0.395 e. The van der Waals surface area contributed by atoms with Crippen LogP contribution in [0.3, 0.4) is 0 Å². The predicted octanol–water partition coefficient (Wildman–Crippen LogP) is 3.90. The number of benzene rings is 2. The monoisotopic (exact) mass is 344 g/mol. The Morgan fingerprint density at radius 2 is 1.76 bits per heavy atom. The molecule has 0 saturated heterocycles. The molecule has 0 radical (unpaired) electrons. The zero-order chi connectivity index (χ0) is 14.9. The Labute approximate surface area is 133 Å². The average Bonchev–Trinajstić information content (AvgIpc) is 2.51. The van der Waals surface area contributed by atoms with Crippen LogP contribution in [0.4, 0.5) is 0 Å². The van der Waals surface area contributed by atoms with Gasteiger partial charge in [-0.25, -0.2) is 0 Å². The molecule has 0 aliphatic rings. The Bertz CT molecular complexity index is 624. The lowest BCUT2D eigenvalue weighted by molar-refractivity contribution is 0.107. The summed E-state index contributed by atoms with van der Waals surface area (Å²) in [5, 5.41) is 8.68. The molecule has 0 aromatic heterocycles. The molecule has 0 aliphatic carbocycles. The van der Waals surface area contributed by atoms with Crippen LogP contribution in [0.15, 0.2) is 53.0 Å². The van der Waals surface area contributed by atoms with Gasteiger partial charge in [0.15, 0.2) is 0 Å². The van der Waals surface area contributed by atoms with Gasteiger partial charge in [-0.15, -0.1) is 0 Å². The maximum atomic E-state index is 8.68. The van der Waals surface area contributed by atoms with Crippen LogP contribution >= 0.6 is 15.9 Å². The Morgan fingerprint density at radius 1 is 1.00 bits per heavy atom. The lowest BCUT2D eigenvalue weighted by Gasteiger charge is -2.06. The quantitative estimate of drug-likeness (QED) is 0.833. The highest BCUT2D eigenvalue weighted by Crippen LogP contribution is 2.17. The first-order chi connectivity index (χ1) is 10.3. The highest BCUT2D eigenvalue weighted by molar-refractivity contribution is 9.10. The summed E-state index contributed by atoms with van der Waals surface area (Å²) in [6, 6.07) is 16.0. The normalized spacial score (nSPS) is 10.0. The van der Waals surface area contributed by atoms with Crippen molar-refractivity contribution in [1.82, 2.24) is 0 Å². The van der Waals surface area contributed by atoms with Crippen molar-refractivity contribution in [2.75, 3.05) is 6.61 Å². The van der Waals surface area contributed by atoms with E-state index < -0.39 is 0 Å². The summed E-state index contributed by atoms with van der Waals surface area (Å²) >= 11 is 3.51. The minimum absolute atomic E-state index is 0.105. The highest BCUT2D eigenvalue weighted by atomic mass is 79.9. The summed E-state index contributed by atoms with van der Waals surface area (Å²) < 4.78 is 6.79. The summed E-state index contributed by atoms with van der Waals surface area (Å²) in [4.78, 5) is 0. The number of ether oxygens (including phenoxy) is 1. The van der Waals surface area contributed by atoms with Gasteiger partial charge in [-0.2, -0.15) is 0 Å². The van der Waals surface area contributed by atoms with Crippen molar-refractivity contribution in [3.63, 3.8) is 0 Å². The number of halogens is 1. The lowest BCUT2D eigenvalue weighted by Crippen LogP contribution is -1.95. The van der Waals surface area contributed by atoms with E-state index in [2.05, 4.69) is 27.8 Å². The first kappa shape index (κ1) is 15.8. The zero-order valence-electron chi connectivity index (χ0n) is 11.7. The molecular formula is C18H17BrO2. The topological polar surface area (TPSA) is 29.5 Å². The smallest absolute Gasteiger partial charge is 0.0732 e. The molecule has 0 heterocycles. The number of hydrogen-bond acceptors (Lipinski definition) is 2. The second-order valence-corrected chi connectivity index (χ2v) is 5.41. The van der Waals surface area contributed by atoms with Gasteiger partial charge in [0.05, 0.1) is 19.8 Å². The molecule has 3 heteroatoms. The van der Waals surface area contributed by atoms with Gasteiger partial charge in [0.1, 0.15) is 0 Å². The van der Waals surface area contributed by atoms with E-state index in [9.17, 15) is 0 Å². The average molecular weight is 345 g/mol. The summed E-state index contributed by atoms with van der Waals surface area (Å²) in [5.41, 5.74) is 3.22. The fourth-order valence-corrected chi connectivity index (χ4v) is 2.20. The first-order valence-electron chi connectivity index (χ1n) is 6.79. The van der Waals surface area contributed by atoms with E-state index in [1.54, 1.807) is 0 Å². The summed E-state index contributed by atoms with van der Waals surface area (Å²) in [7, 11) is 0. The van der Waals surface area contributed by atoms with Crippen molar-refractivity contribution in [2.45, 2.75) is 19.6 Å². The Hall–Kier alpha value is -1.60. The van der Waals surface area contributed by atoms with Crippen molar-refractivity contribution in [3.05, 3.63) is 69.7 Å². The van der Waals surface area contributed by atoms with Crippen LogP contribution in [-0.4, -0.2) is 11.7 Å². The van der Waals surface area contributed by atoms with E-state index in [0.29, 0.717) is 19.6 Å². The summed E-state index contributed by atoms with van der Waals surface area (Å²) in [6.45, 7) is 1.26. The second kappa shape index (κ2) is 8.63. The van der Waals surface area contributed by atoms with Crippen LogP contribution in [0.25, 0.3) is 0 Å². The third-order valence-corrected chi connectivity index (χ3v) is 3.68. The van der Waals surface area contributed by atoms with Crippen LogP contribution in [0.5, 0.6) is 0 Å². The standard InChI is InChI=1S/C18H17BrO2/c19-18-7-2-1-6-17(18)14-21-13-16-10-8-15(9-11-16)5-3-4-12-20/h1-2,6-11,20H,4,12-14H2. The molecule has 108 valence electrons. The van der Waals surface area contributed by atoms with Gasteiger partial charge in [-0.1, -0.05) is 58.1 Å². The maximum Gasteiger partial charge on any atom is 0.0732 e. The van der Waals surface area contributed by atoms with E-state index in [1.165, 1.54) is 0 Å². The third-order valence-electron chi connectivity index (χ3n) is 2.91. The summed E-state index contributed by atoms with van der Waals surface area (Å²) in [5.74, 6) is 5.91. The molecule has 0 fully saturated rings. The molecule has 0 unspecified atom stereocenters. The first-order valence-corrected chi connectivity index (χ1v) is 7.58. The minimum Gasteiger partial charge on any atom is -0.395 e. The van der Waals surface area contributed by atoms with Crippen LogP contribution in [0.2, 0.25) is 0 Å². The molecule has 2 nitrogen and oxygen atoms in total. The van der Waals surface area contributed by atoms with Gasteiger partial charge >= 0.3 is 0 Å². The molecule has 2 aromatic carbocycles. The molecule has 0 bridgehead atoms. The maximum absolute atomic E-state index is 8.68. The van der Waals surface area contributed by atoms with Crippen LogP contribution in [0, 0.1) is 11.8 Å². The number of hydrogen-bond donors (Lipinski definition) is 1. The van der Waals surface area contributed by atoms with E-state index in [1.807, 2.05) is 48.5 Å². The van der Waals surface area contributed by atoms with Crippen molar-refractivity contribution in [3.8, 4) is 11.8 Å². The van der Waals surface area contributed by atoms with Gasteiger partial charge in [0, 0.05) is 16.5 Å². The van der Waals surface area contributed by atoms with E-state index in [-0.39, 0.29) is 6.61 Å². The zero-order valence-corrected chi connectivity index (χ0v) is 13.3. The molecule has 0 saturated carbocycles. The number of aliphatic hydroxyl groups excluding tert-OH is 1. The predicted molar refractivity (Wildman–Crippen MR) is 87.7 cm³/mol. The van der Waals surface area contributed by atoms with E-state index in [0.717, 1.165) is 21.2 Å². The second-order valence-electron chi connectivity index (χ2n) is 4.56. The molecule has 0 amide bonds. The van der Waals surface area contributed by atoms with Crippen molar-refractivity contribution in [2.24, 2.45) is 0 Å². The van der Waals surface area contributed by atoms with Gasteiger partial charge in [0.25, 0.3) is 0 Å². The minimum atomic E-state index is 0.105.